The van der Waals surface area contributed by atoms with Crippen LogP contribution in [0.3, 0.4) is 0 Å². The smallest absolute Gasteiger partial charge is 0.340 e. The predicted molar refractivity (Wildman–Crippen MR) is 170 cm³/mol. The summed E-state index contributed by atoms with van der Waals surface area (Å²) in [6.07, 6.45) is 0. The number of nitrogens with zero attached hydrogens (tertiary/aromatic N) is 4. The SMILES string of the molecule is COC(=O)c1c(C)nc(C)c(C(=O)OC)c1-c1ccccc1/[N+]([O-])=[N+](/[O-])c1ccccc1-c1c(C(=O)OC)c(C)nc(C)c1C(=O)OC. The number of methoxy groups -OCH3 is 4. The highest BCUT2D eigenvalue weighted by Crippen LogP contribution is 2.41. The van der Waals surface area contributed by atoms with Gasteiger partial charge in [-0.15, -0.1) is 0 Å². The molecule has 2 aromatic carbocycles. The van der Waals surface area contributed by atoms with Crippen molar-refractivity contribution in [2.24, 2.45) is 0 Å². The summed E-state index contributed by atoms with van der Waals surface area (Å²) in [7, 11) is 4.61. The summed E-state index contributed by atoms with van der Waals surface area (Å²) < 4.78 is 20.0. The number of pyridine rings is 2. The second-order valence-electron chi connectivity index (χ2n) is 10.4. The van der Waals surface area contributed by atoms with Crippen molar-refractivity contribution in [3.63, 3.8) is 0 Å². The second kappa shape index (κ2) is 14.1. The average molecular weight is 657 g/mol. The third-order valence-electron chi connectivity index (χ3n) is 7.60. The van der Waals surface area contributed by atoms with Gasteiger partial charge in [0.05, 0.1) is 94.3 Å². The third kappa shape index (κ3) is 6.02. The first-order valence-corrected chi connectivity index (χ1v) is 14.3. The molecule has 0 radical (unpaired) electrons. The number of hydrogen-bond donors (Lipinski definition) is 0. The molecule has 14 nitrogen and oxygen atoms in total. The number of para-hydroxylation sites is 2. The first-order chi connectivity index (χ1) is 22.8. The molecule has 0 bridgehead atoms. The Morgan fingerprint density at radius 2 is 0.750 bits per heavy atom. The maximum absolute atomic E-state index is 14.2. The van der Waals surface area contributed by atoms with E-state index in [1.54, 1.807) is 12.1 Å². The number of hydrogen-bond acceptors (Lipinski definition) is 12. The second-order valence-corrected chi connectivity index (χ2v) is 10.4. The van der Waals surface area contributed by atoms with Gasteiger partial charge >= 0.3 is 23.9 Å². The van der Waals surface area contributed by atoms with E-state index in [1.807, 2.05) is 0 Å². The minimum atomic E-state index is -0.842. The zero-order chi connectivity index (χ0) is 35.4. The summed E-state index contributed by atoms with van der Waals surface area (Å²) in [6.45, 7) is 6.14. The molecular formula is C34H32N4O10. The van der Waals surface area contributed by atoms with Gasteiger partial charge in [-0.25, -0.2) is 19.2 Å². The van der Waals surface area contributed by atoms with Gasteiger partial charge in [-0.3, -0.25) is 9.97 Å². The Morgan fingerprint density at radius 3 is 1.00 bits per heavy atom. The van der Waals surface area contributed by atoms with E-state index < -0.39 is 23.9 Å². The van der Waals surface area contributed by atoms with E-state index in [1.165, 1.54) is 64.1 Å². The fraction of sp³-hybridized carbons (Fsp3) is 0.235. The summed E-state index contributed by atoms with van der Waals surface area (Å²) in [5, 5.41) is 28.3. The Morgan fingerprint density at radius 1 is 0.500 bits per heavy atom. The molecule has 0 aliphatic carbocycles. The van der Waals surface area contributed by atoms with Crippen LogP contribution in [0.1, 0.15) is 64.2 Å². The van der Waals surface area contributed by atoms with Gasteiger partial charge in [0, 0.05) is 23.3 Å². The summed E-state index contributed by atoms with van der Waals surface area (Å²) in [5.41, 5.74) is -0.228. The monoisotopic (exact) mass is 656 g/mol. The van der Waals surface area contributed by atoms with Crippen molar-refractivity contribution >= 4 is 35.3 Å². The molecule has 0 aliphatic rings. The van der Waals surface area contributed by atoms with Gasteiger partial charge in [-0.2, -0.15) is 0 Å². The van der Waals surface area contributed by atoms with Crippen LogP contribution in [-0.4, -0.2) is 72.0 Å². The minimum Gasteiger partial charge on any atom is -0.561 e. The Kier molecular flexibility index (Phi) is 10.2. The molecule has 2 aromatic heterocycles. The number of ether oxygens (including phenoxy) is 4. The lowest BCUT2D eigenvalue weighted by Gasteiger charge is -2.18. The largest absolute Gasteiger partial charge is 0.561 e. The van der Waals surface area contributed by atoms with Gasteiger partial charge in [0.15, 0.2) is 0 Å². The number of esters is 4. The summed E-state index contributed by atoms with van der Waals surface area (Å²) >= 11 is 0. The average Bonchev–Trinajstić information content (AvgIpc) is 3.09. The molecule has 14 heteroatoms. The third-order valence-corrected chi connectivity index (χ3v) is 7.60. The summed E-state index contributed by atoms with van der Waals surface area (Å²) in [4.78, 5) is 60.9. The lowest BCUT2D eigenvalue weighted by molar-refractivity contribution is -0.896. The fourth-order valence-electron chi connectivity index (χ4n) is 5.55. The molecule has 0 atom stereocenters. The number of azo groups is 1. The van der Waals surface area contributed by atoms with Crippen molar-refractivity contribution in [1.82, 2.24) is 9.97 Å². The topological polar surface area (TPSA) is 183 Å². The van der Waals surface area contributed by atoms with E-state index in [0.29, 0.717) is 0 Å². The van der Waals surface area contributed by atoms with Gasteiger partial charge in [-0.05, 0) is 39.8 Å². The van der Waals surface area contributed by atoms with E-state index in [9.17, 15) is 29.6 Å². The van der Waals surface area contributed by atoms with E-state index >= 15 is 0 Å². The number of carbonyl (C=O) groups is 4. The van der Waals surface area contributed by atoms with Gasteiger partial charge in [0.25, 0.3) is 11.4 Å². The quantitative estimate of drug-likeness (QED) is 0.0750. The lowest BCUT2D eigenvalue weighted by atomic mass is 9.91. The molecule has 4 rings (SSSR count). The van der Waals surface area contributed by atoms with Crippen molar-refractivity contribution in [2.45, 2.75) is 27.7 Å². The molecule has 0 N–H and O–H groups in total. The maximum atomic E-state index is 14.2. The van der Waals surface area contributed by atoms with Gasteiger partial charge in [0.2, 0.25) is 0 Å². The molecule has 0 saturated heterocycles. The number of aryl methyl sites for hydroxylation is 4. The summed E-state index contributed by atoms with van der Waals surface area (Å²) in [5.74, 6) is -3.37. The molecule has 0 saturated carbocycles. The van der Waals surface area contributed by atoms with Crippen LogP contribution in [0.5, 0.6) is 0 Å². The van der Waals surface area contributed by atoms with E-state index in [2.05, 4.69) is 9.97 Å². The Bertz CT molecular complexity index is 1800. The van der Waals surface area contributed by atoms with Crippen LogP contribution in [0.4, 0.5) is 11.4 Å². The van der Waals surface area contributed by atoms with E-state index in [0.717, 1.165) is 28.4 Å². The fourth-order valence-corrected chi connectivity index (χ4v) is 5.55. The molecule has 0 amide bonds. The van der Waals surface area contributed by atoms with Gasteiger partial charge < -0.3 is 29.4 Å². The van der Waals surface area contributed by atoms with Crippen LogP contribution in [0.2, 0.25) is 0 Å². The number of aromatic nitrogens is 2. The molecule has 0 fully saturated rings. The number of rotatable bonds is 8. The van der Waals surface area contributed by atoms with Gasteiger partial charge in [0.1, 0.15) is 0 Å². The van der Waals surface area contributed by atoms with Gasteiger partial charge in [-0.1, -0.05) is 24.3 Å². The zero-order valence-electron chi connectivity index (χ0n) is 27.5. The van der Waals surface area contributed by atoms with Crippen molar-refractivity contribution in [2.75, 3.05) is 28.4 Å². The first-order valence-electron chi connectivity index (χ1n) is 14.3. The predicted octanol–water partition coefficient (Wildman–Crippen LogP) is 5.63. The highest BCUT2D eigenvalue weighted by Gasteiger charge is 2.34. The standard InChI is InChI=1S/C34H32N4O10/c1-17-25(31(39)45-5)29(26(18(2)35-17)32(40)46-6)21-13-9-11-15-23(21)37(43)38(44)24-16-12-10-14-22(24)30-27(33(41)47-7)19(3)36-20(4)28(30)34(42)48-8/h9-16H,1-8H3/b38-37-. The highest BCUT2D eigenvalue weighted by molar-refractivity contribution is 6.09. The lowest BCUT2D eigenvalue weighted by Crippen LogP contribution is -2.18. The highest BCUT2D eigenvalue weighted by atomic mass is 16.6. The molecule has 248 valence electrons. The van der Waals surface area contributed by atoms with Crippen LogP contribution in [-0.2, 0) is 18.9 Å². The molecule has 2 heterocycles. The molecule has 0 aliphatic heterocycles. The van der Waals surface area contributed by atoms with Crippen LogP contribution >= 0.6 is 0 Å². The number of carbonyl (C=O) groups excluding carboxylic acids is 4. The van der Waals surface area contributed by atoms with E-state index in [-0.39, 0.29) is 88.4 Å². The molecule has 4 aromatic rings. The van der Waals surface area contributed by atoms with Crippen molar-refractivity contribution in [3.8, 4) is 22.3 Å². The Labute approximate surface area is 275 Å². The van der Waals surface area contributed by atoms with Crippen molar-refractivity contribution in [3.05, 3.63) is 104 Å². The maximum Gasteiger partial charge on any atom is 0.340 e. The zero-order valence-corrected chi connectivity index (χ0v) is 27.5. The van der Waals surface area contributed by atoms with Crippen LogP contribution in [0.15, 0.2) is 48.5 Å². The molecular weight excluding hydrogens is 624 g/mol. The van der Waals surface area contributed by atoms with Crippen molar-refractivity contribution in [1.29, 1.82) is 0 Å². The molecule has 0 spiro atoms. The number of benzene rings is 2. The van der Waals surface area contributed by atoms with Crippen molar-refractivity contribution < 1.29 is 47.8 Å². The van der Waals surface area contributed by atoms with E-state index in [4.69, 9.17) is 18.9 Å². The molecule has 48 heavy (non-hydrogen) atoms. The minimum absolute atomic E-state index is 0.0118. The van der Waals surface area contributed by atoms with Crippen LogP contribution < -0.4 is 0 Å². The normalized spacial score (nSPS) is 11.3. The molecule has 0 unspecified atom stereocenters. The summed E-state index contributed by atoms with van der Waals surface area (Å²) in [6, 6.07) is 11.6. The Hall–Kier alpha value is -6.18. The first kappa shape index (κ1) is 34.7. The van der Waals surface area contributed by atoms with Crippen LogP contribution in [0, 0.1) is 38.1 Å². The Balaban J connectivity index is 2.13. The van der Waals surface area contributed by atoms with Crippen LogP contribution in [0.25, 0.3) is 22.3 Å².